The molecule has 18 heavy (non-hydrogen) atoms. The van der Waals surface area contributed by atoms with Gasteiger partial charge in [0.05, 0.1) is 0 Å². The predicted octanol–water partition coefficient (Wildman–Crippen LogP) is 2.97. The minimum Gasteiger partial charge on any atom is -0.478 e. The van der Waals surface area contributed by atoms with Gasteiger partial charge in [0.2, 0.25) is 0 Å². The van der Waals surface area contributed by atoms with Crippen LogP contribution in [0, 0.1) is 12.7 Å². The lowest BCUT2D eigenvalue weighted by atomic mass is 10.2. The molecule has 0 aliphatic heterocycles. The number of anilines is 2. The van der Waals surface area contributed by atoms with Gasteiger partial charge in [0.15, 0.2) is 0 Å². The number of nitrogens with one attached hydrogen (secondary N) is 1. The quantitative estimate of drug-likeness (QED) is 0.874. The number of aromatic carboxylic acids is 1. The number of hydrogen-bond acceptors (Lipinski definition) is 3. The van der Waals surface area contributed by atoms with Gasteiger partial charge in [0.1, 0.15) is 17.2 Å². The van der Waals surface area contributed by atoms with E-state index < -0.39 is 5.97 Å². The molecule has 2 N–H and O–H groups in total. The first kappa shape index (κ1) is 12.0. The summed E-state index contributed by atoms with van der Waals surface area (Å²) in [5.41, 5.74) is 1.37. The minimum atomic E-state index is -1.06. The summed E-state index contributed by atoms with van der Waals surface area (Å²) in [6.07, 6.45) is 1.49. The van der Waals surface area contributed by atoms with Crippen LogP contribution in [-0.2, 0) is 0 Å². The second-order valence-corrected chi connectivity index (χ2v) is 3.79. The molecule has 0 saturated carbocycles. The van der Waals surface area contributed by atoms with Crippen molar-refractivity contribution < 1.29 is 14.3 Å². The van der Waals surface area contributed by atoms with Gasteiger partial charge in [-0.25, -0.2) is 14.2 Å². The van der Waals surface area contributed by atoms with Crippen molar-refractivity contribution in [2.24, 2.45) is 0 Å². The van der Waals surface area contributed by atoms with E-state index in [0.29, 0.717) is 11.3 Å². The van der Waals surface area contributed by atoms with Gasteiger partial charge < -0.3 is 10.4 Å². The SMILES string of the molecule is Cc1cc(F)ccc1Nc1ncccc1C(=O)O. The molecule has 0 atom stereocenters. The lowest BCUT2D eigenvalue weighted by Gasteiger charge is -2.10. The Morgan fingerprint density at radius 3 is 2.83 bits per heavy atom. The van der Waals surface area contributed by atoms with Crippen LogP contribution in [-0.4, -0.2) is 16.1 Å². The molecule has 2 rings (SSSR count). The lowest BCUT2D eigenvalue weighted by molar-refractivity contribution is 0.0697. The molecule has 0 amide bonds. The van der Waals surface area contributed by atoms with Crippen LogP contribution in [0.2, 0.25) is 0 Å². The Bertz CT molecular complexity index is 599. The molecule has 0 saturated heterocycles. The van der Waals surface area contributed by atoms with Gasteiger partial charge in [0.25, 0.3) is 0 Å². The van der Waals surface area contributed by atoms with E-state index in [4.69, 9.17) is 5.11 Å². The van der Waals surface area contributed by atoms with Gasteiger partial charge >= 0.3 is 5.97 Å². The maximum absolute atomic E-state index is 13.0. The highest BCUT2D eigenvalue weighted by atomic mass is 19.1. The smallest absolute Gasteiger partial charge is 0.339 e. The molecule has 0 aliphatic rings. The summed E-state index contributed by atoms with van der Waals surface area (Å²) in [7, 11) is 0. The molecule has 0 bridgehead atoms. The molecule has 0 fully saturated rings. The summed E-state index contributed by atoms with van der Waals surface area (Å²) in [5, 5.41) is 11.9. The van der Waals surface area contributed by atoms with E-state index in [1.165, 1.54) is 24.4 Å². The molecular weight excluding hydrogens is 235 g/mol. The topological polar surface area (TPSA) is 62.2 Å². The van der Waals surface area contributed by atoms with Crippen LogP contribution in [0.15, 0.2) is 36.5 Å². The van der Waals surface area contributed by atoms with Crippen LogP contribution in [0.5, 0.6) is 0 Å². The number of nitrogens with zero attached hydrogens (tertiary/aromatic N) is 1. The number of carbonyl (C=O) groups is 1. The van der Waals surface area contributed by atoms with Gasteiger partial charge in [-0.1, -0.05) is 0 Å². The number of carboxylic acid groups (broad SMARTS) is 1. The second-order valence-electron chi connectivity index (χ2n) is 3.79. The van der Waals surface area contributed by atoms with Crippen molar-refractivity contribution in [3.63, 3.8) is 0 Å². The van der Waals surface area contributed by atoms with Gasteiger partial charge in [0, 0.05) is 11.9 Å². The number of aromatic nitrogens is 1. The number of benzene rings is 1. The van der Waals surface area contributed by atoms with Crippen LogP contribution >= 0.6 is 0 Å². The third-order valence-electron chi connectivity index (χ3n) is 2.48. The highest BCUT2D eigenvalue weighted by Crippen LogP contribution is 2.22. The van der Waals surface area contributed by atoms with Gasteiger partial charge in [-0.3, -0.25) is 0 Å². The Morgan fingerprint density at radius 1 is 1.39 bits per heavy atom. The number of rotatable bonds is 3. The number of hydrogen-bond donors (Lipinski definition) is 2. The first-order valence-electron chi connectivity index (χ1n) is 5.29. The Hall–Kier alpha value is -2.43. The molecule has 0 spiro atoms. The fourth-order valence-corrected chi connectivity index (χ4v) is 1.57. The first-order chi connectivity index (χ1) is 8.58. The summed E-state index contributed by atoms with van der Waals surface area (Å²) in [6, 6.07) is 7.22. The van der Waals surface area contributed by atoms with E-state index in [2.05, 4.69) is 10.3 Å². The van der Waals surface area contributed by atoms with E-state index in [9.17, 15) is 9.18 Å². The van der Waals surface area contributed by atoms with Crippen molar-refractivity contribution in [2.75, 3.05) is 5.32 Å². The normalized spacial score (nSPS) is 10.1. The van der Waals surface area contributed by atoms with Crippen molar-refractivity contribution >= 4 is 17.5 Å². The fraction of sp³-hybridized carbons (Fsp3) is 0.0769. The Kier molecular flexibility index (Phi) is 3.23. The Labute approximate surface area is 103 Å². The molecule has 0 radical (unpaired) electrons. The minimum absolute atomic E-state index is 0.0706. The van der Waals surface area contributed by atoms with E-state index in [-0.39, 0.29) is 17.2 Å². The van der Waals surface area contributed by atoms with E-state index >= 15 is 0 Å². The summed E-state index contributed by atoms with van der Waals surface area (Å²) < 4.78 is 13.0. The van der Waals surface area contributed by atoms with Crippen LogP contribution in [0.1, 0.15) is 15.9 Å². The summed E-state index contributed by atoms with van der Waals surface area (Å²) in [5.74, 6) is -1.16. The van der Waals surface area contributed by atoms with E-state index in [0.717, 1.165) is 0 Å². The van der Waals surface area contributed by atoms with E-state index in [1.807, 2.05) is 0 Å². The highest BCUT2D eigenvalue weighted by molar-refractivity contribution is 5.93. The predicted molar refractivity (Wildman–Crippen MR) is 65.6 cm³/mol. The standard InChI is InChI=1S/C13H11FN2O2/c1-8-7-9(14)4-5-11(8)16-12-10(13(17)18)3-2-6-15-12/h2-7H,1H3,(H,15,16)(H,17,18). The third-order valence-corrected chi connectivity index (χ3v) is 2.48. The maximum atomic E-state index is 13.0. The van der Waals surface area contributed by atoms with Crippen LogP contribution in [0.25, 0.3) is 0 Å². The van der Waals surface area contributed by atoms with Crippen LogP contribution in [0.4, 0.5) is 15.9 Å². The average Bonchev–Trinajstić information content (AvgIpc) is 2.33. The average molecular weight is 246 g/mol. The largest absolute Gasteiger partial charge is 0.478 e. The summed E-state index contributed by atoms with van der Waals surface area (Å²) in [6.45, 7) is 1.73. The molecule has 5 heteroatoms. The zero-order valence-electron chi connectivity index (χ0n) is 9.64. The molecular formula is C13H11FN2O2. The summed E-state index contributed by atoms with van der Waals surface area (Å²) >= 11 is 0. The fourth-order valence-electron chi connectivity index (χ4n) is 1.57. The number of aryl methyl sites for hydroxylation is 1. The van der Waals surface area contributed by atoms with Crippen molar-refractivity contribution in [3.05, 3.63) is 53.5 Å². The Balaban J connectivity index is 2.37. The van der Waals surface area contributed by atoms with Gasteiger partial charge in [-0.15, -0.1) is 0 Å². The molecule has 4 nitrogen and oxygen atoms in total. The number of carboxylic acids is 1. The van der Waals surface area contributed by atoms with Crippen molar-refractivity contribution in [2.45, 2.75) is 6.92 Å². The zero-order valence-corrected chi connectivity index (χ0v) is 9.64. The van der Waals surface area contributed by atoms with Crippen molar-refractivity contribution in [3.8, 4) is 0 Å². The second kappa shape index (κ2) is 4.83. The van der Waals surface area contributed by atoms with Gasteiger partial charge in [-0.2, -0.15) is 0 Å². The maximum Gasteiger partial charge on any atom is 0.339 e. The van der Waals surface area contributed by atoms with Gasteiger partial charge in [-0.05, 0) is 42.8 Å². The lowest BCUT2D eigenvalue weighted by Crippen LogP contribution is -2.05. The molecule has 0 aliphatic carbocycles. The molecule has 0 unspecified atom stereocenters. The number of halogens is 1. The van der Waals surface area contributed by atoms with E-state index in [1.54, 1.807) is 19.1 Å². The zero-order chi connectivity index (χ0) is 13.1. The van der Waals surface area contributed by atoms with Crippen LogP contribution < -0.4 is 5.32 Å². The molecule has 1 aromatic carbocycles. The highest BCUT2D eigenvalue weighted by Gasteiger charge is 2.11. The molecule has 1 heterocycles. The Morgan fingerprint density at radius 2 is 2.17 bits per heavy atom. The third kappa shape index (κ3) is 2.45. The first-order valence-corrected chi connectivity index (χ1v) is 5.29. The van der Waals surface area contributed by atoms with Crippen LogP contribution in [0.3, 0.4) is 0 Å². The monoisotopic (exact) mass is 246 g/mol. The number of pyridine rings is 1. The molecule has 92 valence electrons. The van der Waals surface area contributed by atoms with Crippen molar-refractivity contribution in [1.82, 2.24) is 4.98 Å². The summed E-state index contributed by atoms with van der Waals surface area (Å²) in [4.78, 5) is 15.0. The molecule has 1 aromatic heterocycles. The molecule has 2 aromatic rings. The van der Waals surface area contributed by atoms with Crippen molar-refractivity contribution in [1.29, 1.82) is 0 Å².